The lowest BCUT2D eigenvalue weighted by molar-refractivity contribution is 0.593. The van der Waals surface area contributed by atoms with E-state index in [-0.39, 0.29) is 0 Å². The van der Waals surface area contributed by atoms with E-state index in [1.54, 1.807) is 5.92 Å². The maximum Gasteiger partial charge on any atom is -0.00243 e. The molecule has 0 amide bonds. The fraction of sp³-hybridized carbons (Fsp3) is 0.769. The second kappa shape index (κ2) is 7.17. The Labute approximate surface area is 83.4 Å². The lowest BCUT2D eigenvalue weighted by Crippen LogP contribution is -1.88. The topological polar surface area (TPSA) is 0 Å². The fourth-order valence-electron chi connectivity index (χ4n) is 1.94. The summed E-state index contributed by atoms with van der Waals surface area (Å²) in [5, 5.41) is 0. The molecule has 13 heavy (non-hydrogen) atoms. The fourth-order valence-corrected chi connectivity index (χ4v) is 1.94. The lowest BCUT2D eigenvalue weighted by atomic mass is 10.00. The average molecular weight is 179 g/mol. The molecule has 1 radical (unpaired) electrons. The number of unbranched alkanes of at least 4 members (excludes halogenated alkanes) is 5. The molecule has 0 aromatic carbocycles. The van der Waals surface area contributed by atoms with Gasteiger partial charge >= 0.3 is 0 Å². The zero-order chi connectivity index (χ0) is 9.36. The summed E-state index contributed by atoms with van der Waals surface area (Å²) >= 11 is 0. The molecule has 0 aromatic heterocycles. The molecule has 1 aliphatic carbocycles. The Morgan fingerprint density at radius 3 is 2.54 bits per heavy atom. The minimum absolute atomic E-state index is 1.30. The van der Waals surface area contributed by atoms with Crippen LogP contribution >= 0.6 is 0 Å². The summed E-state index contributed by atoms with van der Waals surface area (Å²) in [5.41, 5.74) is 0. The highest BCUT2D eigenvalue weighted by Gasteiger charge is 2.08. The number of rotatable bonds is 7. The average Bonchev–Trinajstić information content (AvgIpc) is 2.63. The largest absolute Gasteiger partial charge is 0.0879 e. The molecule has 0 spiro atoms. The summed E-state index contributed by atoms with van der Waals surface area (Å²) in [6, 6.07) is 0. The molecule has 0 aromatic rings. The minimum atomic E-state index is 1.30. The maximum absolute atomic E-state index is 2.34. The minimum Gasteiger partial charge on any atom is -0.0879 e. The van der Waals surface area contributed by atoms with E-state index in [2.05, 4.69) is 19.1 Å². The van der Waals surface area contributed by atoms with Crippen molar-refractivity contribution < 1.29 is 0 Å². The van der Waals surface area contributed by atoms with E-state index in [0.29, 0.717) is 0 Å². The quantitative estimate of drug-likeness (QED) is 0.498. The first-order valence-electron chi connectivity index (χ1n) is 5.94. The highest BCUT2D eigenvalue weighted by molar-refractivity contribution is 5.15. The normalized spacial score (nSPS) is 17.0. The summed E-state index contributed by atoms with van der Waals surface area (Å²) in [6.45, 7) is 2.28. The van der Waals surface area contributed by atoms with Crippen LogP contribution in [0.25, 0.3) is 0 Å². The van der Waals surface area contributed by atoms with Crippen molar-refractivity contribution in [1.29, 1.82) is 0 Å². The highest BCUT2D eigenvalue weighted by atomic mass is 14.1. The van der Waals surface area contributed by atoms with E-state index in [0.717, 1.165) is 0 Å². The second-order valence-electron chi connectivity index (χ2n) is 4.12. The van der Waals surface area contributed by atoms with Crippen LogP contribution in [0.1, 0.15) is 64.7 Å². The molecular formula is C13H23. The Morgan fingerprint density at radius 1 is 1.08 bits per heavy atom. The van der Waals surface area contributed by atoms with Gasteiger partial charge in [0.2, 0.25) is 0 Å². The third kappa shape index (κ3) is 5.13. The van der Waals surface area contributed by atoms with Crippen molar-refractivity contribution in [3.05, 3.63) is 18.1 Å². The molecule has 0 unspecified atom stereocenters. The van der Waals surface area contributed by atoms with E-state index >= 15 is 0 Å². The number of allylic oxidation sites excluding steroid dienone is 2. The summed E-state index contributed by atoms with van der Waals surface area (Å²) in [7, 11) is 0. The van der Waals surface area contributed by atoms with Crippen LogP contribution in [0, 0.1) is 5.92 Å². The Hall–Kier alpha value is -0.260. The van der Waals surface area contributed by atoms with Gasteiger partial charge in [-0.15, -0.1) is 0 Å². The van der Waals surface area contributed by atoms with Gasteiger partial charge in [0.1, 0.15) is 0 Å². The van der Waals surface area contributed by atoms with Crippen LogP contribution in [-0.4, -0.2) is 0 Å². The zero-order valence-corrected chi connectivity index (χ0v) is 9.02. The molecule has 0 nitrogen and oxygen atoms in total. The van der Waals surface area contributed by atoms with Crippen LogP contribution in [0.15, 0.2) is 12.2 Å². The van der Waals surface area contributed by atoms with Crippen molar-refractivity contribution in [2.24, 2.45) is 0 Å². The van der Waals surface area contributed by atoms with Crippen LogP contribution in [0.5, 0.6) is 0 Å². The van der Waals surface area contributed by atoms with Crippen LogP contribution in [0.3, 0.4) is 0 Å². The molecule has 1 rings (SSSR count). The van der Waals surface area contributed by atoms with Gasteiger partial charge in [-0.1, -0.05) is 57.6 Å². The monoisotopic (exact) mass is 179 g/mol. The van der Waals surface area contributed by atoms with Crippen LogP contribution < -0.4 is 0 Å². The van der Waals surface area contributed by atoms with Gasteiger partial charge in [0, 0.05) is 0 Å². The first kappa shape index (κ1) is 10.8. The molecule has 0 saturated carbocycles. The van der Waals surface area contributed by atoms with Gasteiger partial charge in [0.05, 0.1) is 0 Å². The van der Waals surface area contributed by atoms with Crippen LogP contribution in [0.4, 0.5) is 0 Å². The van der Waals surface area contributed by atoms with Crippen LogP contribution in [-0.2, 0) is 0 Å². The van der Waals surface area contributed by atoms with Gasteiger partial charge in [-0.2, -0.15) is 0 Å². The SMILES string of the molecule is CCCCCCCC[C]1C=CCC1. The van der Waals surface area contributed by atoms with E-state index in [1.807, 2.05) is 0 Å². The molecule has 0 aliphatic heterocycles. The Bertz CT molecular complexity index is 135. The van der Waals surface area contributed by atoms with E-state index in [9.17, 15) is 0 Å². The molecule has 0 bridgehead atoms. The van der Waals surface area contributed by atoms with Crippen molar-refractivity contribution in [2.75, 3.05) is 0 Å². The van der Waals surface area contributed by atoms with E-state index in [1.165, 1.54) is 57.8 Å². The zero-order valence-electron chi connectivity index (χ0n) is 9.02. The van der Waals surface area contributed by atoms with Gasteiger partial charge in [-0.05, 0) is 25.2 Å². The summed E-state index contributed by atoms with van der Waals surface area (Å²) in [5.74, 6) is 1.69. The smallest absolute Gasteiger partial charge is 0.00243 e. The molecular weight excluding hydrogens is 156 g/mol. The third-order valence-electron chi connectivity index (χ3n) is 2.84. The molecule has 0 fully saturated rings. The van der Waals surface area contributed by atoms with Gasteiger partial charge in [-0.3, -0.25) is 0 Å². The summed E-state index contributed by atoms with van der Waals surface area (Å²) < 4.78 is 0. The third-order valence-corrected chi connectivity index (χ3v) is 2.84. The van der Waals surface area contributed by atoms with Crippen molar-refractivity contribution in [3.63, 3.8) is 0 Å². The second-order valence-corrected chi connectivity index (χ2v) is 4.12. The van der Waals surface area contributed by atoms with Crippen molar-refractivity contribution in [2.45, 2.75) is 64.7 Å². The van der Waals surface area contributed by atoms with E-state index in [4.69, 9.17) is 0 Å². The van der Waals surface area contributed by atoms with E-state index < -0.39 is 0 Å². The molecule has 0 N–H and O–H groups in total. The lowest BCUT2D eigenvalue weighted by Gasteiger charge is -2.05. The highest BCUT2D eigenvalue weighted by Crippen LogP contribution is 2.25. The van der Waals surface area contributed by atoms with Crippen molar-refractivity contribution in [1.82, 2.24) is 0 Å². The Balaban J connectivity index is 1.81. The van der Waals surface area contributed by atoms with Gasteiger partial charge in [0.15, 0.2) is 0 Å². The van der Waals surface area contributed by atoms with Gasteiger partial charge in [-0.25, -0.2) is 0 Å². The first-order chi connectivity index (χ1) is 6.43. The maximum atomic E-state index is 2.34. The standard InChI is InChI=1S/C13H23/c1-2-3-4-5-6-7-10-13-11-8-9-12-13/h8,11H,2-7,9-10,12H2,1H3. The Morgan fingerprint density at radius 2 is 1.85 bits per heavy atom. The number of hydrogen-bond donors (Lipinski definition) is 0. The predicted molar refractivity (Wildman–Crippen MR) is 59.6 cm³/mol. The Kier molecular flexibility index (Phi) is 5.97. The molecule has 75 valence electrons. The van der Waals surface area contributed by atoms with Crippen LogP contribution in [0.2, 0.25) is 0 Å². The van der Waals surface area contributed by atoms with Crippen molar-refractivity contribution in [3.8, 4) is 0 Å². The molecule has 0 saturated heterocycles. The number of hydrogen-bond acceptors (Lipinski definition) is 0. The molecule has 1 aliphatic rings. The molecule has 0 heterocycles. The summed E-state index contributed by atoms with van der Waals surface area (Å²) in [4.78, 5) is 0. The van der Waals surface area contributed by atoms with Crippen molar-refractivity contribution >= 4 is 0 Å². The molecule has 0 heteroatoms. The van der Waals surface area contributed by atoms with Gasteiger partial charge < -0.3 is 0 Å². The van der Waals surface area contributed by atoms with Gasteiger partial charge in [0.25, 0.3) is 0 Å². The first-order valence-corrected chi connectivity index (χ1v) is 5.94. The molecule has 0 atom stereocenters. The summed E-state index contributed by atoms with van der Waals surface area (Å²) in [6.07, 6.45) is 17.2. The predicted octanol–water partition coefficient (Wildman–Crippen LogP) is 4.66.